The molecule has 43 heavy (non-hydrogen) atoms. The summed E-state index contributed by atoms with van der Waals surface area (Å²) in [5.74, 6) is 1.14. The van der Waals surface area contributed by atoms with Gasteiger partial charge in [0.15, 0.2) is 11.6 Å². The number of aromatic nitrogens is 2. The Kier molecular flexibility index (Phi) is 8.31. The standard InChI is InChI=1S/C34H39FN6O2/c1-24(16-35)41(33(42)27-6-4-3-5-7-27)25(2)19-43-31-18-37-23-38-32(31)40-21-34(22-40)12-13-39(20-34)30-11-10-28-14-26(17-36)8-9-29(28)15-30/h3-9,14,18,23-25,30H,10-13,15-16,19-22H2,1-2H3. The Morgan fingerprint density at radius 1 is 1.16 bits per heavy atom. The first kappa shape index (κ1) is 29.1. The highest BCUT2D eigenvalue weighted by Crippen LogP contribution is 2.44. The molecule has 2 aromatic carbocycles. The van der Waals surface area contributed by atoms with Crippen LogP contribution in [0.4, 0.5) is 10.2 Å². The fraction of sp³-hybridized carbons (Fsp3) is 0.471. The number of alkyl halides is 1. The number of nitriles is 1. The first-order valence-corrected chi connectivity index (χ1v) is 15.3. The van der Waals surface area contributed by atoms with Gasteiger partial charge in [0, 0.05) is 36.7 Å². The predicted octanol–water partition coefficient (Wildman–Crippen LogP) is 4.69. The van der Waals surface area contributed by atoms with Gasteiger partial charge >= 0.3 is 0 Å². The molecule has 0 bridgehead atoms. The van der Waals surface area contributed by atoms with E-state index in [1.54, 1.807) is 36.5 Å². The van der Waals surface area contributed by atoms with Gasteiger partial charge in [0.05, 0.1) is 29.9 Å². The molecule has 2 saturated heterocycles. The number of hydrogen-bond acceptors (Lipinski definition) is 7. The lowest BCUT2D eigenvalue weighted by Gasteiger charge is -2.49. The highest BCUT2D eigenvalue weighted by atomic mass is 19.1. The Balaban J connectivity index is 1.06. The van der Waals surface area contributed by atoms with E-state index in [4.69, 9.17) is 4.74 Å². The third-order valence-corrected chi connectivity index (χ3v) is 9.44. The first-order valence-electron chi connectivity index (χ1n) is 15.3. The summed E-state index contributed by atoms with van der Waals surface area (Å²) in [5, 5.41) is 9.24. The topological polar surface area (TPSA) is 85.6 Å². The highest BCUT2D eigenvalue weighted by Gasteiger charge is 2.50. The molecule has 6 rings (SSSR count). The number of rotatable bonds is 9. The van der Waals surface area contributed by atoms with Crippen LogP contribution in [0.5, 0.6) is 5.75 Å². The zero-order valence-corrected chi connectivity index (χ0v) is 25.0. The summed E-state index contributed by atoms with van der Waals surface area (Å²) in [5.41, 5.74) is 4.24. The van der Waals surface area contributed by atoms with Gasteiger partial charge in [0.2, 0.25) is 0 Å². The van der Waals surface area contributed by atoms with E-state index in [1.165, 1.54) is 11.1 Å². The van der Waals surface area contributed by atoms with Crippen LogP contribution in [0.15, 0.2) is 61.1 Å². The van der Waals surface area contributed by atoms with Crippen molar-refractivity contribution in [2.24, 2.45) is 5.41 Å². The van der Waals surface area contributed by atoms with Crippen LogP contribution >= 0.6 is 0 Å². The maximum atomic E-state index is 13.8. The normalized spacial score (nSPS) is 20.5. The van der Waals surface area contributed by atoms with Crippen molar-refractivity contribution in [3.63, 3.8) is 0 Å². The van der Waals surface area contributed by atoms with Gasteiger partial charge in [-0.2, -0.15) is 5.26 Å². The molecule has 3 heterocycles. The van der Waals surface area contributed by atoms with Crippen molar-refractivity contribution >= 4 is 11.7 Å². The lowest BCUT2D eigenvalue weighted by Crippen LogP contribution is -2.58. The van der Waals surface area contributed by atoms with Crippen molar-refractivity contribution in [3.8, 4) is 11.8 Å². The first-order chi connectivity index (χ1) is 20.9. The minimum atomic E-state index is -0.634. The van der Waals surface area contributed by atoms with Crippen LogP contribution in [-0.2, 0) is 12.8 Å². The van der Waals surface area contributed by atoms with Gasteiger partial charge in [-0.05, 0) is 81.5 Å². The number of anilines is 1. The second-order valence-electron chi connectivity index (χ2n) is 12.5. The summed E-state index contributed by atoms with van der Waals surface area (Å²) >= 11 is 0. The number of likely N-dealkylation sites (tertiary alicyclic amines) is 1. The smallest absolute Gasteiger partial charge is 0.254 e. The number of hydrogen-bond donors (Lipinski definition) is 0. The second kappa shape index (κ2) is 12.3. The molecular formula is C34H39FN6O2. The third-order valence-electron chi connectivity index (χ3n) is 9.44. The molecule has 3 atom stereocenters. The minimum Gasteiger partial charge on any atom is -0.486 e. The number of ether oxygens (including phenoxy) is 1. The van der Waals surface area contributed by atoms with E-state index < -0.39 is 12.7 Å². The van der Waals surface area contributed by atoms with Gasteiger partial charge in [0.25, 0.3) is 5.91 Å². The van der Waals surface area contributed by atoms with Gasteiger partial charge in [-0.1, -0.05) is 24.3 Å². The quantitative estimate of drug-likeness (QED) is 0.362. The number of benzene rings is 2. The van der Waals surface area contributed by atoms with Crippen molar-refractivity contribution in [2.75, 3.05) is 44.4 Å². The number of nitrogens with zero attached hydrogens (tertiary/aromatic N) is 6. The average molecular weight is 583 g/mol. The number of halogens is 1. The van der Waals surface area contributed by atoms with E-state index in [1.807, 2.05) is 31.2 Å². The van der Waals surface area contributed by atoms with Crippen molar-refractivity contribution < 1.29 is 13.9 Å². The Bertz CT molecular complexity index is 1490. The van der Waals surface area contributed by atoms with Crippen LogP contribution in [0.25, 0.3) is 0 Å². The third kappa shape index (κ3) is 5.94. The van der Waals surface area contributed by atoms with Gasteiger partial charge < -0.3 is 14.5 Å². The van der Waals surface area contributed by atoms with Crippen LogP contribution in [0, 0.1) is 16.7 Å². The number of aryl methyl sites for hydroxylation is 1. The molecule has 1 amide bonds. The van der Waals surface area contributed by atoms with E-state index in [9.17, 15) is 14.4 Å². The van der Waals surface area contributed by atoms with Crippen LogP contribution in [0.3, 0.4) is 0 Å². The number of fused-ring (bicyclic) bond motifs is 1. The zero-order chi connectivity index (χ0) is 30.0. The molecule has 1 aromatic heterocycles. The van der Waals surface area contributed by atoms with Crippen molar-refractivity contribution in [1.82, 2.24) is 19.8 Å². The molecule has 8 nitrogen and oxygen atoms in total. The van der Waals surface area contributed by atoms with E-state index in [0.29, 0.717) is 17.4 Å². The lowest BCUT2D eigenvalue weighted by molar-refractivity contribution is 0.0501. The summed E-state index contributed by atoms with van der Waals surface area (Å²) in [7, 11) is 0. The summed E-state index contributed by atoms with van der Waals surface area (Å²) in [6, 6.07) is 17.0. The molecule has 9 heteroatoms. The molecule has 0 radical (unpaired) electrons. The number of carbonyl (C=O) groups excluding carboxylic acids is 1. The Morgan fingerprint density at radius 2 is 1.98 bits per heavy atom. The van der Waals surface area contributed by atoms with Crippen LogP contribution in [0.2, 0.25) is 0 Å². The molecule has 0 N–H and O–H groups in total. The van der Waals surface area contributed by atoms with Crippen molar-refractivity contribution in [1.29, 1.82) is 5.26 Å². The summed E-state index contributed by atoms with van der Waals surface area (Å²) < 4.78 is 20.0. The molecule has 2 aliphatic heterocycles. The summed E-state index contributed by atoms with van der Waals surface area (Å²) in [4.78, 5) is 28.5. The Morgan fingerprint density at radius 3 is 2.74 bits per heavy atom. The van der Waals surface area contributed by atoms with Crippen LogP contribution in [0.1, 0.15) is 53.7 Å². The fourth-order valence-electron chi connectivity index (χ4n) is 7.15. The molecule has 1 aliphatic carbocycles. The van der Waals surface area contributed by atoms with Gasteiger partial charge in [0.1, 0.15) is 19.6 Å². The molecule has 1 spiro atoms. The maximum absolute atomic E-state index is 13.8. The SMILES string of the molecule is CC(CF)N(C(=O)c1ccccc1)C(C)COc1cncnc1N1CC2(CCN(C3CCc4cc(C#N)ccc4C3)C2)C1. The fourth-order valence-corrected chi connectivity index (χ4v) is 7.15. The van der Waals surface area contributed by atoms with Gasteiger partial charge in [-0.3, -0.25) is 9.69 Å². The van der Waals surface area contributed by atoms with Crippen molar-refractivity contribution in [2.45, 2.75) is 57.7 Å². The van der Waals surface area contributed by atoms with Gasteiger partial charge in [-0.25, -0.2) is 14.4 Å². The summed E-state index contributed by atoms with van der Waals surface area (Å²) in [6.07, 6.45) is 7.60. The second-order valence-corrected chi connectivity index (χ2v) is 12.5. The molecule has 2 fully saturated rings. The van der Waals surface area contributed by atoms with Crippen LogP contribution < -0.4 is 9.64 Å². The molecule has 224 valence electrons. The predicted molar refractivity (Wildman–Crippen MR) is 163 cm³/mol. The van der Waals surface area contributed by atoms with Gasteiger partial charge in [-0.15, -0.1) is 0 Å². The monoisotopic (exact) mass is 582 g/mol. The lowest BCUT2D eigenvalue weighted by atomic mass is 9.79. The largest absolute Gasteiger partial charge is 0.486 e. The van der Waals surface area contributed by atoms with Crippen LogP contribution in [-0.4, -0.2) is 83.3 Å². The maximum Gasteiger partial charge on any atom is 0.254 e. The molecule has 3 aromatic rings. The van der Waals surface area contributed by atoms with E-state index in [-0.39, 0.29) is 24.0 Å². The molecule has 0 saturated carbocycles. The molecule has 3 aliphatic rings. The minimum absolute atomic E-state index is 0.203. The highest BCUT2D eigenvalue weighted by molar-refractivity contribution is 5.94. The Labute approximate surface area is 253 Å². The molecule has 3 unspecified atom stereocenters. The molecular weight excluding hydrogens is 543 g/mol. The van der Waals surface area contributed by atoms with E-state index in [0.717, 1.165) is 63.2 Å². The van der Waals surface area contributed by atoms with Crippen molar-refractivity contribution in [3.05, 3.63) is 83.3 Å². The average Bonchev–Trinajstić information content (AvgIpc) is 3.49. The number of amides is 1. The zero-order valence-electron chi connectivity index (χ0n) is 25.0. The summed E-state index contributed by atoms with van der Waals surface area (Å²) in [6.45, 7) is 7.18. The Hall–Kier alpha value is -4.03. The number of carbonyl (C=O) groups is 1. The van der Waals surface area contributed by atoms with E-state index >= 15 is 0 Å². The van der Waals surface area contributed by atoms with E-state index in [2.05, 4.69) is 38.0 Å².